The van der Waals surface area contributed by atoms with E-state index in [1.165, 1.54) is 11.1 Å². The van der Waals surface area contributed by atoms with Gasteiger partial charge in [-0.25, -0.2) is 0 Å². The van der Waals surface area contributed by atoms with Crippen molar-refractivity contribution >= 4 is 0 Å². The Balaban J connectivity index is 1.84. The molecule has 94 valence electrons. The first kappa shape index (κ1) is 12.4. The highest BCUT2D eigenvalue weighted by molar-refractivity contribution is 5.38. The fourth-order valence-electron chi connectivity index (χ4n) is 2.55. The van der Waals surface area contributed by atoms with Gasteiger partial charge in [-0.05, 0) is 56.2 Å². The molecule has 2 nitrogen and oxygen atoms in total. The number of hydrogen-bond acceptors (Lipinski definition) is 2. The second kappa shape index (κ2) is 5.54. The lowest BCUT2D eigenvalue weighted by Crippen LogP contribution is -2.16. The molecule has 0 bridgehead atoms. The molecule has 2 unspecified atom stereocenters. The number of aliphatic hydroxyl groups excluding tert-OH is 1. The lowest BCUT2D eigenvalue weighted by Gasteiger charge is -2.16. The molecular formula is C15H22O2. The molecule has 1 aromatic rings. The minimum atomic E-state index is -0.0998. The van der Waals surface area contributed by atoms with Crippen molar-refractivity contribution in [2.75, 3.05) is 6.61 Å². The van der Waals surface area contributed by atoms with Gasteiger partial charge in [-0.1, -0.05) is 18.6 Å². The molecule has 0 saturated heterocycles. The zero-order valence-corrected chi connectivity index (χ0v) is 10.8. The van der Waals surface area contributed by atoms with Crippen LogP contribution in [0.1, 0.15) is 36.8 Å². The Bertz CT molecular complexity index is 373. The van der Waals surface area contributed by atoms with Crippen LogP contribution in [0.4, 0.5) is 0 Å². The van der Waals surface area contributed by atoms with E-state index in [-0.39, 0.29) is 6.10 Å². The van der Waals surface area contributed by atoms with Crippen molar-refractivity contribution in [2.45, 2.75) is 45.6 Å². The van der Waals surface area contributed by atoms with E-state index >= 15 is 0 Å². The topological polar surface area (TPSA) is 29.5 Å². The van der Waals surface area contributed by atoms with Crippen LogP contribution in [0.25, 0.3) is 0 Å². The second-order valence-electron chi connectivity index (χ2n) is 5.09. The maximum Gasteiger partial charge on any atom is 0.122 e. The van der Waals surface area contributed by atoms with E-state index in [0.717, 1.165) is 31.4 Å². The van der Waals surface area contributed by atoms with Crippen LogP contribution in [0.2, 0.25) is 0 Å². The summed E-state index contributed by atoms with van der Waals surface area (Å²) >= 11 is 0. The van der Waals surface area contributed by atoms with Gasteiger partial charge < -0.3 is 9.84 Å². The molecule has 2 rings (SSSR count). The maximum absolute atomic E-state index is 9.73. The Morgan fingerprint density at radius 2 is 2.12 bits per heavy atom. The summed E-state index contributed by atoms with van der Waals surface area (Å²) in [6.45, 7) is 4.91. The Morgan fingerprint density at radius 1 is 1.29 bits per heavy atom. The van der Waals surface area contributed by atoms with Crippen molar-refractivity contribution in [3.8, 4) is 5.75 Å². The number of ether oxygens (including phenoxy) is 1. The van der Waals surface area contributed by atoms with Crippen LogP contribution < -0.4 is 4.74 Å². The Labute approximate surface area is 104 Å². The SMILES string of the molecule is Cc1cccc(OCCC2CCCC2O)c1C. The van der Waals surface area contributed by atoms with Gasteiger partial charge in [0.2, 0.25) is 0 Å². The molecule has 0 amide bonds. The maximum atomic E-state index is 9.73. The summed E-state index contributed by atoms with van der Waals surface area (Å²) in [6, 6.07) is 6.15. The van der Waals surface area contributed by atoms with Crippen molar-refractivity contribution in [1.82, 2.24) is 0 Å². The summed E-state index contributed by atoms with van der Waals surface area (Å²) in [5.41, 5.74) is 2.49. The molecule has 1 N–H and O–H groups in total. The van der Waals surface area contributed by atoms with Gasteiger partial charge in [0.25, 0.3) is 0 Å². The predicted molar refractivity (Wildman–Crippen MR) is 69.4 cm³/mol. The summed E-state index contributed by atoms with van der Waals surface area (Å²) in [7, 11) is 0. The minimum Gasteiger partial charge on any atom is -0.493 e. The van der Waals surface area contributed by atoms with Crippen LogP contribution in [0.15, 0.2) is 18.2 Å². The molecule has 2 atom stereocenters. The fourth-order valence-corrected chi connectivity index (χ4v) is 2.55. The number of benzene rings is 1. The lowest BCUT2D eigenvalue weighted by atomic mass is 10.0. The zero-order chi connectivity index (χ0) is 12.3. The van der Waals surface area contributed by atoms with Crippen LogP contribution in [0, 0.1) is 19.8 Å². The molecule has 0 aliphatic heterocycles. The first-order valence-electron chi connectivity index (χ1n) is 6.55. The number of aryl methyl sites for hydroxylation is 1. The first-order valence-corrected chi connectivity index (χ1v) is 6.55. The average Bonchev–Trinajstić information content (AvgIpc) is 2.71. The summed E-state index contributed by atoms with van der Waals surface area (Å²) < 4.78 is 5.82. The highest BCUT2D eigenvalue weighted by atomic mass is 16.5. The van der Waals surface area contributed by atoms with Crippen molar-refractivity contribution < 1.29 is 9.84 Å². The molecule has 0 spiro atoms. The smallest absolute Gasteiger partial charge is 0.122 e. The van der Waals surface area contributed by atoms with Crippen molar-refractivity contribution in [1.29, 1.82) is 0 Å². The molecule has 1 fully saturated rings. The second-order valence-corrected chi connectivity index (χ2v) is 5.09. The fraction of sp³-hybridized carbons (Fsp3) is 0.600. The van der Waals surface area contributed by atoms with Gasteiger partial charge in [0.05, 0.1) is 12.7 Å². The van der Waals surface area contributed by atoms with E-state index in [4.69, 9.17) is 4.74 Å². The van der Waals surface area contributed by atoms with Crippen molar-refractivity contribution in [2.24, 2.45) is 5.92 Å². The summed E-state index contributed by atoms with van der Waals surface area (Å²) in [6.07, 6.45) is 4.15. The minimum absolute atomic E-state index is 0.0998. The highest BCUT2D eigenvalue weighted by Crippen LogP contribution is 2.28. The van der Waals surface area contributed by atoms with Crippen LogP contribution in [-0.2, 0) is 0 Å². The summed E-state index contributed by atoms with van der Waals surface area (Å²) in [4.78, 5) is 0. The Kier molecular flexibility index (Phi) is 4.06. The number of aliphatic hydroxyl groups is 1. The molecule has 0 radical (unpaired) electrons. The van der Waals surface area contributed by atoms with Gasteiger partial charge >= 0.3 is 0 Å². The van der Waals surface area contributed by atoms with Crippen LogP contribution in [0.5, 0.6) is 5.75 Å². The first-order chi connectivity index (χ1) is 8.18. The molecule has 1 aromatic carbocycles. The van der Waals surface area contributed by atoms with E-state index in [2.05, 4.69) is 19.9 Å². The highest BCUT2D eigenvalue weighted by Gasteiger charge is 2.24. The normalized spacial score (nSPS) is 23.9. The average molecular weight is 234 g/mol. The summed E-state index contributed by atoms with van der Waals surface area (Å²) in [5, 5.41) is 9.73. The van der Waals surface area contributed by atoms with E-state index < -0.39 is 0 Å². The standard InChI is InChI=1S/C15H22O2/c1-11-5-3-8-15(12(11)2)17-10-9-13-6-4-7-14(13)16/h3,5,8,13-14,16H,4,6-7,9-10H2,1-2H3. The molecule has 17 heavy (non-hydrogen) atoms. The van der Waals surface area contributed by atoms with Crippen LogP contribution >= 0.6 is 0 Å². The third kappa shape index (κ3) is 3.01. The van der Waals surface area contributed by atoms with Crippen LogP contribution in [-0.4, -0.2) is 17.8 Å². The van der Waals surface area contributed by atoms with E-state index in [9.17, 15) is 5.11 Å². The molecule has 1 saturated carbocycles. The van der Waals surface area contributed by atoms with E-state index in [0.29, 0.717) is 12.5 Å². The zero-order valence-electron chi connectivity index (χ0n) is 10.8. The van der Waals surface area contributed by atoms with Gasteiger partial charge in [-0.2, -0.15) is 0 Å². The van der Waals surface area contributed by atoms with Gasteiger partial charge in [-0.3, -0.25) is 0 Å². The number of rotatable bonds is 4. The monoisotopic (exact) mass is 234 g/mol. The van der Waals surface area contributed by atoms with Crippen molar-refractivity contribution in [3.63, 3.8) is 0 Å². The third-order valence-corrected chi connectivity index (χ3v) is 3.92. The van der Waals surface area contributed by atoms with Gasteiger partial charge in [0.1, 0.15) is 5.75 Å². The Morgan fingerprint density at radius 3 is 2.82 bits per heavy atom. The Hall–Kier alpha value is -1.02. The predicted octanol–water partition coefficient (Wildman–Crippen LogP) is 3.23. The third-order valence-electron chi connectivity index (χ3n) is 3.92. The van der Waals surface area contributed by atoms with Gasteiger partial charge in [0.15, 0.2) is 0 Å². The number of hydrogen-bond donors (Lipinski definition) is 1. The van der Waals surface area contributed by atoms with E-state index in [1.54, 1.807) is 0 Å². The van der Waals surface area contributed by atoms with Gasteiger partial charge in [-0.15, -0.1) is 0 Å². The molecule has 2 heteroatoms. The lowest BCUT2D eigenvalue weighted by molar-refractivity contribution is 0.116. The molecule has 1 aliphatic carbocycles. The van der Waals surface area contributed by atoms with Gasteiger partial charge in [0, 0.05) is 0 Å². The molecule has 0 aromatic heterocycles. The molecular weight excluding hydrogens is 212 g/mol. The summed E-state index contributed by atoms with van der Waals surface area (Å²) in [5.74, 6) is 1.43. The largest absolute Gasteiger partial charge is 0.493 e. The van der Waals surface area contributed by atoms with E-state index in [1.807, 2.05) is 12.1 Å². The van der Waals surface area contributed by atoms with Crippen LogP contribution in [0.3, 0.4) is 0 Å². The van der Waals surface area contributed by atoms with Crippen molar-refractivity contribution in [3.05, 3.63) is 29.3 Å². The molecule has 0 heterocycles. The molecule has 1 aliphatic rings. The quantitative estimate of drug-likeness (QED) is 0.866.